The summed E-state index contributed by atoms with van der Waals surface area (Å²) in [5, 5.41) is 4.60. The van der Waals surface area contributed by atoms with Crippen LogP contribution in [0, 0.1) is 0 Å². The summed E-state index contributed by atoms with van der Waals surface area (Å²) in [5.74, 6) is -0.0468. The molecule has 0 aromatic heterocycles. The van der Waals surface area contributed by atoms with Crippen molar-refractivity contribution < 1.29 is 13.2 Å². The van der Waals surface area contributed by atoms with Gasteiger partial charge in [0.25, 0.3) is 0 Å². The second-order valence-electron chi connectivity index (χ2n) is 7.60. The van der Waals surface area contributed by atoms with Crippen molar-refractivity contribution in [2.24, 2.45) is 5.11 Å². The topological polar surface area (TPSA) is 107 Å². The largest absolute Gasteiger partial charge is 0.380 e. The van der Waals surface area contributed by atoms with Crippen LogP contribution in [0.1, 0.15) is 29.0 Å². The Morgan fingerprint density at radius 2 is 2.09 bits per heavy atom. The van der Waals surface area contributed by atoms with Gasteiger partial charge in [-0.15, -0.1) is 0 Å². The Hall–Kier alpha value is -1.84. The molecular formula is C21H25Cl2N5O3S. The molecule has 172 valence electrons. The summed E-state index contributed by atoms with van der Waals surface area (Å²) < 4.78 is 33.5. The summed E-state index contributed by atoms with van der Waals surface area (Å²) in [6, 6.07) is 10.6. The zero-order valence-corrected chi connectivity index (χ0v) is 20.0. The molecule has 0 saturated carbocycles. The van der Waals surface area contributed by atoms with Gasteiger partial charge in [-0.05, 0) is 60.0 Å². The van der Waals surface area contributed by atoms with E-state index >= 15 is 0 Å². The van der Waals surface area contributed by atoms with Gasteiger partial charge in [-0.3, -0.25) is 0 Å². The number of ether oxygens (including phenoxy) is 1. The molecule has 1 unspecified atom stereocenters. The number of halogens is 2. The molecule has 32 heavy (non-hydrogen) atoms. The number of hydrogen-bond donors (Lipinski definition) is 1. The minimum Gasteiger partial charge on any atom is -0.380 e. The Kier molecular flexibility index (Phi) is 8.79. The fourth-order valence-corrected chi connectivity index (χ4v) is 5.38. The predicted octanol–water partition coefficient (Wildman–Crippen LogP) is 4.57. The Labute approximate surface area is 198 Å². The molecule has 8 nitrogen and oxygen atoms in total. The molecule has 0 amide bonds. The Balaban J connectivity index is 1.71. The van der Waals surface area contributed by atoms with E-state index in [0.717, 1.165) is 23.2 Å². The van der Waals surface area contributed by atoms with Crippen LogP contribution in [0.4, 0.5) is 0 Å². The molecule has 1 N–H and O–H groups in total. The third kappa shape index (κ3) is 6.36. The van der Waals surface area contributed by atoms with E-state index in [2.05, 4.69) is 19.6 Å². The van der Waals surface area contributed by atoms with Gasteiger partial charge in [-0.1, -0.05) is 40.4 Å². The summed E-state index contributed by atoms with van der Waals surface area (Å²) in [5.41, 5.74) is 11.1. The lowest BCUT2D eigenvalue weighted by atomic mass is 9.85. The summed E-state index contributed by atoms with van der Waals surface area (Å²) in [6.45, 7) is 2.57. The maximum absolute atomic E-state index is 12.8. The van der Waals surface area contributed by atoms with Crippen LogP contribution in [0.5, 0.6) is 0 Å². The van der Waals surface area contributed by atoms with E-state index in [9.17, 15) is 8.42 Å². The van der Waals surface area contributed by atoms with Gasteiger partial charge in [0.2, 0.25) is 10.0 Å². The quantitative estimate of drug-likeness (QED) is 0.224. The van der Waals surface area contributed by atoms with E-state index in [4.69, 9.17) is 33.5 Å². The Bertz CT molecular complexity index is 1110. The maximum Gasteiger partial charge on any atom is 0.240 e. The second kappa shape index (κ2) is 11.3. The number of nitrogens with one attached hydrogen (secondary N) is 1. The minimum absolute atomic E-state index is 0.0468. The average Bonchev–Trinajstić information content (AvgIpc) is 2.76. The van der Waals surface area contributed by atoms with Crippen LogP contribution in [0.3, 0.4) is 0 Å². The molecule has 1 atom stereocenters. The van der Waals surface area contributed by atoms with Crippen molar-refractivity contribution in [3.63, 3.8) is 0 Å². The lowest BCUT2D eigenvalue weighted by Gasteiger charge is -2.33. The zero-order valence-electron chi connectivity index (χ0n) is 17.7. The molecule has 0 bridgehead atoms. The molecule has 0 spiro atoms. The normalized spacial score (nSPS) is 16.4. The maximum atomic E-state index is 12.8. The first-order chi connectivity index (χ1) is 15.3. The highest BCUT2D eigenvalue weighted by Crippen LogP contribution is 2.38. The lowest BCUT2D eigenvalue weighted by molar-refractivity contribution is 0.138. The van der Waals surface area contributed by atoms with Crippen molar-refractivity contribution in [2.75, 3.05) is 39.9 Å². The van der Waals surface area contributed by atoms with E-state index < -0.39 is 10.0 Å². The van der Waals surface area contributed by atoms with Gasteiger partial charge >= 0.3 is 0 Å². The molecule has 11 heteroatoms. The first-order valence-electron chi connectivity index (χ1n) is 10.2. The highest BCUT2D eigenvalue weighted by Gasteiger charge is 2.28. The summed E-state index contributed by atoms with van der Waals surface area (Å²) in [4.78, 5) is 5.02. The zero-order chi connectivity index (χ0) is 23.1. The number of rotatable bonds is 10. The summed E-state index contributed by atoms with van der Waals surface area (Å²) >= 11 is 12.7. The summed E-state index contributed by atoms with van der Waals surface area (Å²) in [6.07, 6.45) is 0.587. The third-order valence-electron chi connectivity index (χ3n) is 5.21. The van der Waals surface area contributed by atoms with Gasteiger partial charge < -0.3 is 9.64 Å². The monoisotopic (exact) mass is 497 g/mol. The molecule has 1 aliphatic rings. The fourth-order valence-electron chi connectivity index (χ4n) is 3.74. The number of sulfonamides is 1. The molecule has 0 radical (unpaired) electrons. The Morgan fingerprint density at radius 1 is 1.28 bits per heavy atom. The van der Waals surface area contributed by atoms with E-state index in [1.807, 2.05) is 19.2 Å². The van der Waals surface area contributed by atoms with Crippen molar-refractivity contribution in [3.05, 3.63) is 73.6 Å². The highest BCUT2D eigenvalue weighted by atomic mass is 35.5. The fraction of sp³-hybridized carbons (Fsp3) is 0.429. The SMILES string of the molecule is CN1Cc2c(Cl)cc(Cl)cc2C(c2cccc(S(=O)(=O)NCCOCCCN=[N+]=[N-])c2)C1. The van der Waals surface area contributed by atoms with E-state index in [1.165, 1.54) is 0 Å². The van der Waals surface area contributed by atoms with Crippen molar-refractivity contribution >= 4 is 33.2 Å². The first kappa shape index (κ1) is 24.8. The van der Waals surface area contributed by atoms with Gasteiger partial charge in [-0.2, -0.15) is 0 Å². The number of likely N-dealkylation sites (N-methyl/N-ethyl adjacent to an activating group) is 1. The van der Waals surface area contributed by atoms with Gasteiger partial charge in [0.1, 0.15) is 0 Å². The van der Waals surface area contributed by atoms with Crippen LogP contribution in [0.2, 0.25) is 10.0 Å². The van der Waals surface area contributed by atoms with Crippen molar-refractivity contribution in [1.82, 2.24) is 9.62 Å². The summed E-state index contributed by atoms with van der Waals surface area (Å²) in [7, 11) is -1.68. The van der Waals surface area contributed by atoms with E-state index in [0.29, 0.717) is 36.2 Å². The standard InChI is InChI=1S/C21H25Cl2N5O3S/c1-28-13-19(18-11-16(22)12-21(23)20(18)14-28)15-4-2-5-17(10-15)32(29,30)26-7-9-31-8-3-6-25-27-24/h2,4-5,10-12,19,26H,3,6-9,13-14H2,1H3. The highest BCUT2D eigenvalue weighted by molar-refractivity contribution is 7.89. The van der Waals surface area contributed by atoms with E-state index in [1.54, 1.807) is 24.3 Å². The second-order valence-corrected chi connectivity index (χ2v) is 10.2. The number of azide groups is 1. The molecule has 1 aliphatic heterocycles. The molecule has 2 aromatic carbocycles. The van der Waals surface area contributed by atoms with Crippen LogP contribution < -0.4 is 4.72 Å². The minimum atomic E-state index is -3.69. The van der Waals surface area contributed by atoms with Crippen LogP contribution in [-0.4, -0.2) is 53.2 Å². The predicted molar refractivity (Wildman–Crippen MR) is 126 cm³/mol. The average molecular weight is 498 g/mol. The number of benzene rings is 2. The Morgan fingerprint density at radius 3 is 2.88 bits per heavy atom. The molecule has 0 aliphatic carbocycles. The van der Waals surface area contributed by atoms with Crippen LogP contribution >= 0.6 is 23.2 Å². The van der Waals surface area contributed by atoms with Crippen LogP contribution in [0.25, 0.3) is 10.4 Å². The van der Waals surface area contributed by atoms with Crippen molar-refractivity contribution in [1.29, 1.82) is 0 Å². The van der Waals surface area contributed by atoms with Crippen molar-refractivity contribution in [3.8, 4) is 0 Å². The molecule has 2 aromatic rings. The van der Waals surface area contributed by atoms with Crippen LogP contribution in [-0.2, 0) is 21.3 Å². The van der Waals surface area contributed by atoms with E-state index in [-0.39, 0.29) is 24.0 Å². The van der Waals surface area contributed by atoms with Crippen LogP contribution in [0.15, 0.2) is 46.4 Å². The first-order valence-corrected chi connectivity index (χ1v) is 12.4. The number of hydrogen-bond acceptors (Lipinski definition) is 5. The molecule has 3 rings (SSSR count). The van der Waals surface area contributed by atoms with Crippen molar-refractivity contribution in [2.45, 2.75) is 23.8 Å². The number of fused-ring (bicyclic) bond motifs is 1. The lowest BCUT2D eigenvalue weighted by Crippen LogP contribution is -2.31. The molecular weight excluding hydrogens is 473 g/mol. The molecule has 0 saturated heterocycles. The van der Waals surface area contributed by atoms with Gasteiger partial charge in [0, 0.05) is 53.7 Å². The third-order valence-corrected chi connectivity index (χ3v) is 7.23. The number of nitrogens with zero attached hydrogens (tertiary/aromatic N) is 4. The van der Waals surface area contributed by atoms with Gasteiger partial charge in [0.05, 0.1) is 11.5 Å². The van der Waals surface area contributed by atoms with Gasteiger partial charge in [0.15, 0.2) is 0 Å². The molecule has 1 heterocycles. The smallest absolute Gasteiger partial charge is 0.240 e. The van der Waals surface area contributed by atoms with Gasteiger partial charge in [-0.25, -0.2) is 13.1 Å². The molecule has 0 fully saturated rings.